The van der Waals surface area contributed by atoms with Crippen LogP contribution >= 0.6 is 0 Å². The average Bonchev–Trinajstić information content (AvgIpc) is 2.48. The number of carbonyl (C=O) groups excluding carboxylic acids is 1. The van der Waals surface area contributed by atoms with E-state index in [1.807, 2.05) is 0 Å². The van der Waals surface area contributed by atoms with Crippen LogP contribution in [0.2, 0.25) is 0 Å². The number of halogens is 4. The van der Waals surface area contributed by atoms with Crippen LogP contribution < -0.4 is 5.32 Å². The summed E-state index contributed by atoms with van der Waals surface area (Å²) in [6.45, 7) is 3.58. The third kappa shape index (κ3) is 3.16. The van der Waals surface area contributed by atoms with Crippen LogP contribution in [0.3, 0.4) is 0 Å². The van der Waals surface area contributed by atoms with Crippen molar-refractivity contribution in [3.05, 3.63) is 34.9 Å². The molecule has 0 aliphatic carbocycles. The van der Waals surface area contributed by atoms with Crippen molar-refractivity contribution in [3.8, 4) is 0 Å². The number of rotatable bonds is 2. The van der Waals surface area contributed by atoms with Crippen molar-refractivity contribution in [2.75, 3.05) is 13.2 Å². The second kappa shape index (κ2) is 6.51. The summed E-state index contributed by atoms with van der Waals surface area (Å²) in [5.74, 6) is -6.03. The molecule has 2 amide bonds. The Morgan fingerprint density at radius 2 is 1.86 bits per heavy atom. The number of nitrogens with one attached hydrogen (secondary N) is 1. The Bertz CT molecular complexity index is 556. The molecule has 22 heavy (non-hydrogen) atoms. The van der Waals surface area contributed by atoms with E-state index in [0.717, 1.165) is 0 Å². The minimum Gasteiger partial charge on any atom is -0.375 e. The molecule has 4 nitrogen and oxygen atoms in total. The van der Waals surface area contributed by atoms with E-state index >= 15 is 0 Å². The first-order valence-corrected chi connectivity index (χ1v) is 6.80. The van der Waals surface area contributed by atoms with E-state index in [1.165, 1.54) is 4.90 Å². The van der Waals surface area contributed by atoms with Gasteiger partial charge in [-0.1, -0.05) is 0 Å². The molecule has 1 N–H and O–H groups in total. The van der Waals surface area contributed by atoms with Crippen LogP contribution in [-0.4, -0.2) is 36.2 Å². The molecule has 0 spiro atoms. The van der Waals surface area contributed by atoms with Gasteiger partial charge in [-0.05, 0) is 13.8 Å². The number of nitrogens with zero attached hydrogens (tertiary/aromatic N) is 1. The van der Waals surface area contributed by atoms with Gasteiger partial charge in [0.2, 0.25) is 0 Å². The van der Waals surface area contributed by atoms with Gasteiger partial charge in [-0.2, -0.15) is 0 Å². The van der Waals surface area contributed by atoms with Crippen molar-refractivity contribution >= 4 is 6.03 Å². The predicted molar refractivity (Wildman–Crippen MR) is 70.1 cm³/mol. The molecule has 0 saturated carbocycles. The molecular formula is C14H16F4N2O2. The summed E-state index contributed by atoms with van der Waals surface area (Å²) in [5.41, 5.74) is -0.847. The topological polar surface area (TPSA) is 41.6 Å². The quantitative estimate of drug-likeness (QED) is 0.672. The van der Waals surface area contributed by atoms with Crippen LogP contribution in [0.4, 0.5) is 22.4 Å². The van der Waals surface area contributed by atoms with Gasteiger partial charge in [0.05, 0.1) is 25.3 Å². The summed E-state index contributed by atoms with van der Waals surface area (Å²) in [5, 5.41) is 2.27. The van der Waals surface area contributed by atoms with Crippen LogP contribution in [-0.2, 0) is 11.3 Å². The third-order valence-corrected chi connectivity index (χ3v) is 3.76. The number of morpholine rings is 1. The van der Waals surface area contributed by atoms with Crippen molar-refractivity contribution in [2.45, 2.75) is 32.5 Å². The van der Waals surface area contributed by atoms with Gasteiger partial charge in [-0.25, -0.2) is 22.4 Å². The second-order valence-electron chi connectivity index (χ2n) is 5.12. The van der Waals surface area contributed by atoms with E-state index in [-0.39, 0.29) is 18.2 Å². The van der Waals surface area contributed by atoms with Gasteiger partial charge in [0.1, 0.15) is 0 Å². The Kier molecular flexibility index (Phi) is 4.90. The van der Waals surface area contributed by atoms with Crippen molar-refractivity contribution < 1.29 is 27.1 Å². The maximum Gasteiger partial charge on any atom is 0.318 e. The molecule has 1 heterocycles. The summed E-state index contributed by atoms with van der Waals surface area (Å²) < 4.78 is 58.6. The summed E-state index contributed by atoms with van der Waals surface area (Å²) in [4.78, 5) is 13.5. The van der Waals surface area contributed by atoms with E-state index in [1.54, 1.807) is 13.8 Å². The SMILES string of the molecule is C[C@@H]1[C@@H](C)OCCN1C(=O)NCc1c(F)c(F)cc(F)c1F. The molecule has 0 unspecified atom stereocenters. The third-order valence-electron chi connectivity index (χ3n) is 3.76. The van der Waals surface area contributed by atoms with Gasteiger partial charge in [0.15, 0.2) is 23.3 Å². The van der Waals surface area contributed by atoms with Crippen LogP contribution in [0.1, 0.15) is 19.4 Å². The summed E-state index contributed by atoms with van der Waals surface area (Å²) in [6, 6.07) is -0.680. The van der Waals surface area contributed by atoms with Crippen LogP contribution in [0.15, 0.2) is 6.07 Å². The molecule has 2 atom stereocenters. The smallest absolute Gasteiger partial charge is 0.318 e. The molecule has 2 rings (SSSR count). The number of carbonyl (C=O) groups is 1. The number of urea groups is 1. The lowest BCUT2D eigenvalue weighted by molar-refractivity contribution is -0.0376. The summed E-state index contributed by atoms with van der Waals surface area (Å²) in [6.07, 6.45) is -0.181. The highest BCUT2D eigenvalue weighted by molar-refractivity contribution is 5.74. The molecule has 8 heteroatoms. The average molecular weight is 320 g/mol. The monoisotopic (exact) mass is 320 g/mol. The van der Waals surface area contributed by atoms with Crippen molar-refractivity contribution in [1.29, 1.82) is 0 Å². The lowest BCUT2D eigenvalue weighted by atomic mass is 10.1. The largest absolute Gasteiger partial charge is 0.375 e. The maximum atomic E-state index is 13.5. The highest BCUT2D eigenvalue weighted by Crippen LogP contribution is 2.19. The molecule has 0 radical (unpaired) electrons. The fourth-order valence-corrected chi connectivity index (χ4v) is 2.26. The zero-order valence-corrected chi connectivity index (χ0v) is 12.1. The Hall–Kier alpha value is -1.83. The molecular weight excluding hydrogens is 304 g/mol. The van der Waals surface area contributed by atoms with Crippen LogP contribution in [0.5, 0.6) is 0 Å². The molecule has 1 aliphatic heterocycles. The zero-order chi connectivity index (χ0) is 16.4. The number of hydrogen-bond donors (Lipinski definition) is 1. The summed E-state index contributed by atoms with van der Waals surface area (Å²) >= 11 is 0. The highest BCUT2D eigenvalue weighted by atomic mass is 19.2. The Labute approximate surface area is 125 Å². The van der Waals surface area contributed by atoms with Gasteiger partial charge < -0.3 is 15.0 Å². The first-order chi connectivity index (χ1) is 10.3. The molecule has 122 valence electrons. The van der Waals surface area contributed by atoms with Crippen molar-refractivity contribution in [1.82, 2.24) is 10.2 Å². The minimum absolute atomic E-state index is 0.127. The van der Waals surface area contributed by atoms with E-state index in [4.69, 9.17) is 4.74 Å². The molecule has 1 aromatic carbocycles. The fraction of sp³-hybridized carbons (Fsp3) is 0.500. The highest BCUT2D eigenvalue weighted by Gasteiger charge is 2.29. The maximum absolute atomic E-state index is 13.5. The lowest BCUT2D eigenvalue weighted by Gasteiger charge is -2.37. The molecule has 1 fully saturated rings. The predicted octanol–water partition coefficient (Wildman–Crippen LogP) is 2.56. The lowest BCUT2D eigenvalue weighted by Crippen LogP contribution is -2.54. The number of amides is 2. The van der Waals surface area contributed by atoms with Gasteiger partial charge >= 0.3 is 6.03 Å². The van der Waals surface area contributed by atoms with E-state index in [2.05, 4.69) is 5.32 Å². The van der Waals surface area contributed by atoms with E-state index in [9.17, 15) is 22.4 Å². The first kappa shape index (κ1) is 16.5. The van der Waals surface area contributed by atoms with Gasteiger partial charge in [-0.15, -0.1) is 0 Å². The molecule has 0 bridgehead atoms. The number of benzene rings is 1. The molecule has 1 saturated heterocycles. The van der Waals surface area contributed by atoms with Crippen LogP contribution in [0, 0.1) is 23.3 Å². The van der Waals surface area contributed by atoms with E-state index in [0.29, 0.717) is 13.2 Å². The molecule has 0 aromatic heterocycles. The normalized spacial score (nSPS) is 21.8. The Morgan fingerprint density at radius 3 is 2.45 bits per heavy atom. The van der Waals surface area contributed by atoms with E-state index < -0.39 is 41.4 Å². The van der Waals surface area contributed by atoms with Crippen molar-refractivity contribution in [3.63, 3.8) is 0 Å². The van der Waals surface area contributed by atoms with Gasteiger partial charge in [0, 0.05) is 18.2 Å². The Morgan fingerprint density at radius 1 is 1.27 bits per heavy atom. The van der Waals surface area contributed by atoms with Crippen molar-refractivity contribution in [2.24, 2.45) is 0 Å². The molecule has 1 aromatic rings. The minimum atomic E-state index is -1.51. The standard InChI is InChI=1S/C14H16F4N2O2/c1-7-8(2)22-4-3-20(7)14(21)19-6-9-12(17)10(15)5-11(16)13(9)18/h5,7-8H,3-4,6H2,1-2H3,(H,19,21)/t7-,8-/m1/s1. The van der Waals surface area contributed by atoms with Gasteiger partial charge in [0.25, 0.3) is 0 Å². The molecule has 1 aliphatic rings. The fourth-order valence-electron chi connectivity index (χ4n) is 2.26. The summed E-state index contributed by atoms with van der Waals surface area (Å²) in [7, 11) is 0. The Balaban J connectivity index is 2.09. The first-order valence-electron chi connectivity index (χ1n) is 6.80. The number of hydrogen-bond acceptors (Lipinski definition) is 2. The zero-order valence-electron chi connectivity index (χ0n) is 12.1. The van der Waals surface area contributed by atoms with Gasteiger partial charge in [-0.3, -0.25) is 0 Å². The second-order valence-corrected chi connectivity index (χ2v) is 5.12. The van der Waals surface area contributed by atoms with Crippen LogP contribution in [0.25, 0.3) is 0 Å². The number of ether oxygens (including phenoxy) is 1.